The summed E-state index contributed by atoms with van der Waals surface area (Å²) in [7, 11) is 0. The molecule has 6 rings (SSSR count). The number of nitrogens with one attached hydrogen (secondary N) is 2. The summed E-state index contributed by atoms with van der Waals surface area (Å²) in [5.74, 6) is -0.625. The largest absolute Gasteiger partial charge is 0.364 e. The Labute approximate surface area is 219 Å². The van der Waals surface area contributed by atoms with E-state index in [1.54, 1.807) is 5.41 Å². The van der Waals surface area contributed by atoms with Gasteiger partial charge in [-0.15, -0.1) is 0 Å². The molecular weight excluding hydrogens is 482 g/mol. The molecule has 2 aliphatic rings. The molecule has 1 atom stereocenters. The number of hydrogen-bond acceptors (Lipinski definition) is 5. The van der Waals surface area contributed by atoms with Gasteiger partial charge in [-0.25, -0.2) is 0 Å². The Balaban J connectivity index is 1.14. The Morgan fingerprint density at radius 1 is 1.00 bits per heavy atom. The first-order chi connectivity index (χ1) is 18.1. The molecule has 2 aliphatic heterocycles. The van der Waals surface area contributed by atoms with Crippen LogP contribution < -0.4 is 11.1 Å². The third-order valence-corrected chi connectivity index (χ3v) is 8.34. The second kappa shape index (κ2) is 9.95. The number of nitrogens with two attached hydrogens (primary N) is 1. The molecule has 0 spiro atoms. The van der Waals surface area contributed by atoms with E-state index >= 15 is 0 Å². The monoisotopic (exact) mass is 511 g/mol. The van der Waals surface area contributed by atoms with Crippen molar-refractivity contribution in [1.82, 2.24) is 20.1 Å². The average molecular weight is 512 g/mol. The molecule has 1 saturated heterocycles. The van der Waals surface area contributed by atoms with Gasteiger partial charge in [0.25, 0.3) is 11.8 Å². The smallest absolute Gasteiger partial charge is 0.265 e. The quantitative estimate of drug-likeness (QED) is 0.357. The number of benzene rings is 3. The molecule has 1 fully saturated rings. The van der Waals surface area contributed by atoms with Gasteiger partial charge in [0.2, 0.25) is 0 Å². The van der Waals surface area contributed by atoms with E-state index in [1.165, 1.54) is 22.7 Å². The van der Waals surface area contributed by atoms with E-state index in [2.05, 4.69) is 39.6 Å². The maximum atomic E-state index is 13.2. The predicted molar refractivity (Wildman–Crippen MR) is 149 cm³/mol. The molecule has 7 nitrogen and oxygen atoms in total. The van der Waals surface area contributed by atoms with Gasteiger partial charge in [0.15, 0.2) is 5.50 Å². The number of amides is 2. The number of para-hydroxylation sites is 1. The number of piperidine rings is 1. The lowest BCUT2D eigenvalue weighted by Gasteiger charge is -2.41. The molecule has 4 aromatic rings. The van der Waals surface area contributed by atoms with E-state index in [0.29, 0.717) is 11.3 Å². The SMILES string of the molecule is NC(=O)C1=CSC(NC(=O)c2ccc3ccccc3c2)N1C1CCN(Cc2c[nH]c3ccccc23)CC1. The second-order valence-electron chi connectivity index (χ2n) is 9.67. The molecule has 0 radical (unpaired) electrons. The van der Waals surface area contributed by atoms with Crippen LogP contribution in [0.15, 0.2) is 84.0 Å². The minimum Gasteiger partial charge on any atom is -0.364 e. The van der Waals surface area contributed by atoms with Gasteiger partial charge in [0.1, 0.15) is 5.70 Å². The molecule has 188 valence electrons. The molecule has 1 aromatic heterocycles. The maximum absolute atomic E-state index is 13.2. The number of fused-ring (bicyclic) bond motifs is 2. The highest BCUT2D eigenvalue weighted by atomic mass is 32.2. The molecule has 8 heteroatoms. The lowest BCUT2D eigenvalue weighted by molar-refractivity contribution is -0.116. The van der Waals surface area contributed by atoms with E-state index in [9.17, 15) is 9.59 Å². The number of primary amides is 1. The summed E-state index contributed by atoms with van der Waals surface area (Å²) in [6.07, 6.45) is 3.87. The van der Waals surface area contributed by atoms with Crippen LogP contribution in [0.1, 0.15) is 28.8 Å². The van der Waals surface area contributed by atoms with Crippen molar-refractivity contribution in [2.75, 3.05) is 13.1 Å². The fourth-order valence-electron chi connectivity index (χ4n) is 5.44. The first kappa shape index (κ1) is 23.6. The Morgan fingerprint density at radius 3 is 2.57 bits per heavy atom. The van der Waals surface area contributed by atoms with Crippen molar-refractivity contribution < 1.29 is 9.59 Å². The van der Waals surface area contributed by atoms with E-state index < -0.39 is 5.91 Å². The van der Waals surface area contributed by atoms with Crippen molar-refractivity contribution >= 4 is 45.3 Å². The number of likely N-dealkylation sites (tertiary alicyclic amines) is 1. The van der Waals surface area contributed by atoms with Gasteiger partial charge in [-0.05, 0) is 47.4 Å². The highest BCUT2D eigenvalue weighted by Crippen LogP contribution is 2.35. The van der Waals surface area contributed by atoms with Crippen LogP contribution in [0, 0.1) is 0 Å². The summed E-state index contributed by atoms with van der Waals surface area (Å²) in [5.41, 5.74) is 8.90. The van der Waals surface area contributed by atoms with Crippen LogP contribution in [-0.2, 0) is 11.3 Å². The van der Waals surface area contributed by atoms with E-state index in [4.69, 9.17) is 5.73 Å². The molecule has 0 saturated carbocycles. The lowest BCUT2D eigenvalue weighted by Crippen LogP contribution is -2.52. The average Bonchev–Trinajstić information content (AvgIpc) is 3.53. The van der Waals surface area contributed by atoms with Gasteiger partial charge in [-0.2, -0.15) is 0 Å². The Kier molecular flexibility index (Phi) is 6.36. The highest BCUT2D eigenvalue weighted by molar-refractivity contribution is 8.02. The summed E-state index contributed by atoms with van der Waals surface area (Å²) in [6.45, 7) is 2.69. The van der Waals surface area contributed by atoms with Gasteiger partial charge in [-0.1, -0.05) is 60.3 Å². The van der Waals surface area contributed by atoms with Crippen LogP contribution in [0.4, 0.5) is 0 Å². The third-order valence-electron chi connectivity index (χ3n) is 7.38. The summed E-state index contributed by atoms with van der Waals surface area (Å²) in [6, 6.07) is 22.2. The third kappa shape index (κ3) is 4.70. The first-order valence-electron chi connectivity index (χ1n) is 12.6. The Hall–Kier alpha value is -3.75. The number of rotatable bonds is 6. The normalized spacial score (nSPS) is 18.9. The molecule has 4 N–H and O–H groups in total. The van der Waals surface area contributed by atoms with Gasteiger partial charge < -0.3 is 20.9 Å². The summed E-state index contributed by atoms with van der Waals surface area (Å²) in [5, 5.41) is 8.28. The number of H-pyrrole nitrogens is 1. The Bertz CT molecular complexity index is 1500. The molecule has 0 aliphatic carbocycles. The zero-order chi connectivity index (χ0) is 25.4. The number of aromatic amines is 1. The minimum absolute atomic E-state index is 0.120. The zero-order valence-electron chi connectivity index (χ0n) is 20.4. The molecular formula is C29H29N5O2S. The highest BCUT2D eigenvalue weighted by Gasteiger charge is 2.37. The van der Waals surface area contributed by atoms with Gasteiger partial charge in [0.05, 0.1) is 0 Å². The van der Waals surface area contributed by atoms with Gasteiger partial charge in [-0.3, -0.25) is 14.5 Å². The topological polar surface area (TPSA) is 94.5 Å². The number of carbonyl (C=O) groups is 2. The first-order valence-corrected chi connectivity index (χ1v) is 13.5. The van der Waals surface area contributed by atoms with Crippen molar-refractivity contribution in [3.8, 4) is 0 Å². The minimum atomic E-state index is -0.462. The number of hydrogen-bond donors (Lipinski definition) is 3. The molecule has 3 aromatic carbocycles. The van der Waals surface area contributed by atoms with E-state index in [0.717, 1.165) is 48.8 Å². The van der Waals surface area contributed by atoms with Crippen LogP contribution in [0.3, 0.4) is 0 Å². The maximum Gasteiger partial charge on any atom is 0.265 e. The summed E-state index contributed by atoms with van der Waals surface area (Å²) in [4.78, 5) is 33.3. The molecule has 3 heterocycles. The van der Waals surface area contributed by atoms with E-state index in [1.807, 2.05) is 53.4 Å². The van der Waals surface area contributed by atoms with Gasteiger partial charge in [0, 0.05) is 53.7 Å². The zero-order valence-corrected chi connectivity index (χ0v) is 21.2. The molecule has 37 heavy (non-hydrogen) atoms. The van der Waals surface area contributed by atoms with Crippen LogP contribution >= 0.6 is 11.8 Å². The lowest BCUT2D eigenvalue weighted by atomic mass is 10.0. The van der Waals surface area contributed by atoms with Gasteiger partial charge >= 0.3 is 0 Å². The second-order valence-corrected chi connectivity index (χ2v) is 10.6. The number of thioether (sulfide) groups is 1. The summed E-state index contributed by atoms with van der Waals surface area (Å²) < 4.78 is 0. The fourth-order valence-corrected chi connectivity index (χ4v) is 6.53. The number of aromatic nitrogens is 1. The van der Waals surface area contributed by atoms with Crippen molar-refractivity contribution in [3.63, 3.8) is 0 Å². The van der Waals surface area contributed by atoms with Crippen LogP contribution in [0.25, 0.3) is 21.7 Å². The van der Waals surface area contributed by atoms with E-state index in [-0.39, 0.29) is 17.4 Å². The van der Waals surface area contributed by atoms with Crippen LogP contribution in [0.5, 0.6) is 0 Å². The standard InChI is InChI=1S/C29H29N5O2S/c30-27(35)26-18-37-29(32-28(36)21-10-9-19-5-1-2-6-20(19)15-21)34(26)23-11-13-33(14-12-23)17-22-16-31-25-8-4-3-7-24(22)25/h1-10,15-16,18,23,29,31H,11-14,17H2,(H2,30,35)(H,32,36). The predicted octanol–water partition coefficient (Wildman–Crippen LogP) is 4.37. The fraction of sp³-hybridized carbons (Fsp3) is 0.241. The van der Waals surface area contributed by atoms with Crippen molar-refractivity contribution in [2.45, 2.75) is 30.9 Å². The van der Waals surface area contributed by atoms with Crippen molar-refractivity contribution in [1.29, 1.82) is 0 Å². The number of carbonyl (C=O) groups excluding carboxylic acids is 2. The van der Waals surface area contributed by atoms with Crippen molar-refractivity contribution in [3.05, 3.63) is 95.2 Å². The van der Waals surface area contributed by atoms with Crippen LogP contribution in [-0.4, -0.2) is 51.2 Å². The molecule has 2 amide bonds. The molecule has 0 bridgehead atoms. The summed E-state index contributed by atoms with van der Waals surface area (Å²) >= 11 is 1.43. The molecule has 1 unspecified atom stereocenters. The van der Waals surface area contributed by atoms with Crippen molar-refractivity contribution in [2.24, 2.45) is 5.73 Å². The number of nitrogens with zero attached hydrogens (tertiary/aromatic N) is 2. The Morgan fingerprint density at radius 2 is 1.76 bits per heavy atom. The van der Waals surface area contributed by atoms with Crippen LogP contribution in [0.2, 0.25) is 0 Å².